The van der Waals surface area contributed by atoms with E-state index in [0.29, 0.717) is 19.8 Å². The fourth-order valence-corrected chi connectivity index (χ4v) is 1.83. The normalized spacial score (nSPS) is 11.5. The molecule has 0 saturated heterocycles. The summed E-state index contributed by atoms with van der Waals surface area (Å²) in [6.07, 6.45) is 0.943. The molecule has 0 aromatic heterocycles. The fraction of sp³-hybridized carbons (Fsp3) is 0.588. The van der Waals surface area contributed by atoms with Gasteiger partial charge in [-0.2, -0.15) is 0 Å². The summed E-state index contributed by atoms with van der Waals surface area (Å²) in [5.74, 6) is 0.847. The van der Waals surface area contributed by atoms with Gasteiger partial charge in [-0.25, -0.2) is 4.99 Å². The number of ether oxygens (including phenoxy) is 2. The Morgan fingerprint density at radius 1 is 1.09 bits per heavy atom. The lowest BCUT2D eigenvalue weighted by Gasteiger charge is -2.11. The molecule has 0 amide bonds. The van der Waals surface area contributed by atoms with Gasteiger partial charge in [-0.1, -0.05) is 29.8 Å². The molecule has 5 heteroatoms. The Hall–Kier alpha value is -1.59. The molecule has 1 rings (SSSR count). The van der Waals surface area contributed by atoms with Gasteiger partial charge in [-0.15, -0.1) is 0 Å². The van der Waals surface area contributed by atoms with Crippen LogP contribution >= 0.6 is 0 Å². The molecule has 0 aliphatic rings. The van der Waals surface area contributed by atoms with E-state index in [0.717, 1.165) is 32.1 Å². The highest BCUT2D eigenvalue weighted by Gasteiger charge is 1.97. The van der Waals surface area contributed by atoms with Crippen LogP contribution in [0.1, 0.15) is 24.5 Å². The third-order valence-electron chi connectivity index (χ3n) is 3.07. The van der Waals surface area contributed by atoms with E-state index in [1.165, 1.54) is 11.1 Å². The lowest BCUT2D eigenvalue weighted by molar-refractivity contribution is 0.0698. The van der Waals surface area contributed by atoms with Crippen molar-refractivity contribution in [3.63, 3.8) is 0 Å². The molecule has 0 aliphatic heterocycles. The minimum Gasteiger partial charge on any atom is -0.382 e. The van der Waals surface area contributed by atoms with Crippen LogP contribution in [0.25, 0.3) is 0 Å². The first kappa shape index (κ1) is 18.5. The van der Waals surface area contributed by atoms with Gasteiger partial charge in [-0.3, -0.25) is 0 Å². The molecule has 1 aromatic carbocycles. The van der Waals surface area contributed by atoms with Crippen molar-refractivity contribution in [2.45, 2.75) is 26.8 Å². The number of methoxy groups -OCH3 is 1. The quantitative estimate of drug-likeness (QED) is 0.395. The molecule has 0 bridgehead atoms. The summed E-state index contributed by atoms with van der Waals surface area (Å²) in [6.45, 7) is 8.56. The number of nitrogens with zero attached hydrogens (tertiary/aromatic N) is 1. The molecule has 0 unspecified atom stereocenters. The first-order valence-corrected chi connectivity index (χ1v) is 7.90. The average Bonchev–Trinajstić information content (AvgIpc) is 2.53. The molecule has 2 N–H and O–H groups in total. The van der Waals surface area contributed by atoms with E-state index in [9.17, 15) is 0 Å². The van der Waals surface area contributed by atoms with Crippen LogP contribution in [0.4, 0.5) is 0 Å². The van der Waals surface area contributed by atoms with E-state index in [1.807, 2.05) is 0 Å². The van der Waals surface area contributed by atoms with Crippen LogP contribution in [0.3, 0.4) is 0 Å². The number of aliphatic imine (C=N–C) groups is 1. The fourth-order valence-electron chi connectivity index (χ4n) is 1.83. The SMILES string of the molecule is CCNC(=NCc1ccc(C)cc1)NCCCOCCOC. The Labute approximate surface area is 134 Å². The number of nitrogens with one attached hydrogen (secondary N) is 2. The summed E-state index contributed by atoms with van der Waals surface area (Å²) in [7, 11) is 1.68. The molecule has 0 atom stereocenters. The van der Waals surface area contributed by atoms with Crippen LogP contribution < -0.4 is 10.6 Å². The second kappa shape index (κ2) is 12.0. The number of rotatable bonds is 10. The van der Waals surface area contributed by atoms with Gasteiger partial charge in [0.05, 0.1) is 19.8 Å². The second-order valence-corrected chi connectivity index (χ2v) is 5.07. The van der Waals surface area contributed by atoms with Gasteiger partial charge in [0.1, 0.15) is 0 Å². The third-order valence-corrected chi connectivity index (χ3v) is 3.07. The molecule has 0 fully saturated rings. The highest BCUT2D eigenvalue weighted by Crippen LogP contribution is 2.04. The molecule has 0 spiro atoms. The summed E-state index contributed by atoms with van der Waals surface area (Å²) in [4.78, 5) is 4.59. The Bertz CT molecular complexity index is 418. The monoisotopic (exact) mass is 307 g/mol. The average molecular weight is 307 g/mol. The molecule has 1 aromatic rings. The summed E-state index contributed by atoms with van der Waals surface area (Å²) >= 11 is 0. The lowest BCUT2D eigenvalue weighted by Crippen LogP contribution is -2.38. The van der Waals surface area contributed by atoms with Crippen molar-refractivity contribution in [1.29, 1.82) is 0 Å². The van der Waals surface area contributed by atoms with Gasteiger partial charge < -0.3 is 20.1 Å². The largest absolute Gasteiger partial charge is 0.382 e. The minimum absolute atomic E-state index is 0.647. The van der Waals surface area contributed by atoms with Crippen LogP contribution in [0.15, 0.2) is 29.3 Å². The summed E-state index contributed by atoms with van der Waals surface area (Å²) in [6, 6.07) is 8.46. The maximum Gasteiger partial charge on any atom is 0.191 e. The molecular formula is C17H29N3O2. The minimum atomic E-state index is 0.647. The van der Waals surface area contributed by atoms with Crippen molar-refractivity contribution in [3.8, 4) is 0 Å². The van der Waals surface area contributed by atoms with Crippen molar-refractivity contribution in [2.75, 3.05) is 40.0 Å². The second-order valence-electron chi connectivity index (χ2n) is 5.07. The predicted molar refractivity (Wildman–Crippen MR) is 91.3 cm³/mol. The molecule has 5 nitrogen and oxygen atoms in total. The van der Waals surface area contributed by atoms with Crippen LogP contribution in [-0.2, 0) is 16.0 Å². The highest BCUT2D eigenvalue weighted by molar-refractivity contribution is 5.79. The highest BCUT2D eigenvalue weighted by atomic mass is 16.5. The van der Waals surface area contributed by atoms with Crippen molar-refractivity contribution in [3.05, 3.63) is 35.4 Å². The Morgan fingerprint density at radius 3 is 2.55 bits per heavy atom. The van der Waals surface area contributed by atoms with Crippen LogP contribution in [0, 0.1) is 6.92 Å². The van der Waals surface area contributed by atoms with Crippen molar-refractivity contribution >= 4 is 5.96 Å². The van der Waals surface area contributed by atoms with E-state index in [1.54, 1.807) is 7.11 Å². The number of aryl methyl sites for hydroxylation is 1. The predicted octanol–water partition coefficient (Wildman–Crippen LogP) is 2.10. The molecule has 0 saturated carbocycles. The number of hydrogen-bond donors (Lipinski definition) is 2. The molecule has 22 heavy (non-hydrogen) atoms. The smallest absolute Gasteiger partial charge is 0.191 e. The summed E-state index contributed by atoms with van der Waals surface area (Å²) in [5, 5.41) is 6.57. The van der Waals surface area contributed by atoms with Crippen molar-refractivity contribution in [1.82, 2.24) is 10.6 Å². The van der Waals surface area contributed by atoms with Crippen LogP contribution in [0.2, 0.25) is 0 Å². The zero-order valence-corrected chi connectivity index (χ0v) is 14.0. The molecule has 0 aliphatic carbocycles. The Kier molecular flexibility index (Phi) is 10.1. The van der Waals surface area contributed by atoms with Crippen LogP contribution in [0.5, 0.6) is 0 Å². The Morgan fingerprint density at radius 2 is 1.86 bits per heavy atom. The zero-order chi connectivity index (χ0) is 16.0. The maximum atomic E-state index is 5.43. The van der Waals surface area contributed by atoms with Gasteiger partial charge in [-0.05, 0) is 25.8 Å². The van der Waals surface area contributed by atoms with Crippen LogP contribution in [-0.4, -0.2) is 46.0 Å². The third kappa shape index (κ3) is 8.64. The summed E-state index contributed by atoms with van der Waals surface area (Å²) in [5.41, 5.74) is 2.48. The maximum absolute atomic E-state index is 5.43. The van der Waals surface area contributed by atoms with Gasteiger partial charge in [0.25, 0.3) is 0 Å². The molecular weight excluding hydrogens is 278 g/mol. The van der Waals surface area contributed by atoms with E-state index in [-0.39, 0.29) is 0 Å². The van der Waals surface area contributed by atoms with Gasteiger partial charge in [0, 0.05) is 26.8 Å². The zero-order valence-electron chi connectivity index (χ0n) is 14.0. The Balaban J connectivity index is 2.28. The van der Waals surface area contributed by atoms with E-state index in [2.05, 4.69) is 53.7 Å². The lowest BCUT2D eigenvalue weighted by atomic mass is 10.1. The summed E-state index contributed by atoms with van der Waals surface area (Å²) < 4.78 is 10.4. The molecule has 0 radical (unpaired) electrons. The van der Waals surface area contributed by atoms with Gasteiger partial charge in [0.2, 0.25) is 0 Å². The topological polar surface area (TPSA) is 54.9 Å². The van der Waals surface area contributed by atoms with Crippen molar-refractivity contribution < 1.29 is 9.47 Å². The standard InChI is InChI=1S/C17H29N3O2/c1-4-18-17(19-10-5-11-22-13-12-21-3)20-14-16-8-6-15(2)7-9-16/h6-9H,4-5,10-14H2,1-3H3,(H2,18,19,20). The van der Waals surface area contributed by atoms with E-state index < -0.39 is 0 Å². The van der Waals surface area contributed by atoms with E-state index >= 15 is 0 Å². The number of guanidine groups is 1. The molecule has 124 valence electrons. The van der Waals surface area contributed by atoms with Crippen molar-refractivity contribution in [2.24, 2.45) is 4.99 Å². The first-order chi connectivity index (χ1) is 10.8. The van der Waals surface area contributed by atoms with E-state index in [4.69, 9.17) is 9.47 Å². The van der Waals surface area contributed by atoms with Gasteiger partial charge in [0.15, 0.2) is 5.96 Å². The first-order valence-electron chi connectivity index (χ1n) is 7.90. The molecule has 0 heterocycles. The number of benzene rings is 1. The number of hydrogen-bond acceptors (Lipinski definition) is 3. The van der Waals surface area contributed by atoms with Gasteiger partial charge >= 0.3 is 0 Å².